The molecule has 0 radical (unpaired) electrons. The Morgan fingerprint density at radius 1 is 1.35 bits per heavy atom. The van der Waals surface area contributed by atoms with Crippen molar-refractivity contribution in [2.75, 3.05) is 26.7 Å². The van der Waals surface area contributed by atoms with Crippen molar-refractivity contribution < 1.29 is 4.79 Å². The molecule has 1 heterocycles. The van der Waals surface area contributed by atoms with Crippen molar-refractivity contribution in [3.05, 3.63) is 0 Å². The topological polar surface area (TPSA) is 44.4 Å². The number of nitrogens with zero attached hydrogens (tertiary/aromatic N) is 1. The van der Waals surface area contributed by atoms with Crippen LogP contribution >= 0.6 is 0 Å². The molecule has 1 saturated carbocycles. The van der Waals surface area contributed by atoms with Crippen LogP contribution in [-0.4, -0.2) is 49.6 Å². The molecular formula is C13H25N3O. The third-order valence-corrected chi connectivity index (χ3v) is 4.08. The molecule has 4 heteroatoms. The molecule has 17 heavy (non-hydrogen) atoms. The summed E-state index contributed by atoms with van der Waals surface area (Å²) in [6.45, 7) is 2.78. The number of nitrogens with one attached hydrogen (secondary N) is 2. The minimum Gasteiger partial charge on any atom is -0.353 e. The largest absolute Gasteiger partial charge is 0.353 e. The highest BCUT2D eigenvalue weighted by molar-refractivity contribution is 5.82. The minimum atomic E-state index is 0.0966. The lowest BCUT2D eigenvalue weighted by Crippen LogP contribution is -2.59. The van der Waals surface area contributed by atoms with Crippen molar-refractivity contribution in [2.24, 2.45) is 0 Å². The molecule has 0 aromatic rings. The summed E-state index contributed by atoms with van der Waals surface area (Å²) in [4.78, 5) is 14.4. The van der Waals surface area contributed by atoms with Crippen molar-refractivity contribution in [3.63, 3.8) is 0 Å². The van der Waals surface area contributed by atoms with E-state index in [9.17, 15) is 4.79 Å². The Balaban J connectivity index is 1.97. The molecule has 1 aliphatic heterocycles. The maximum Gasteiger partial charge on any atom is 0.237 e. The predicted octanol–water partition coefficient (Wildman–Crippen LogP) is 0.729. The lowest BCUT2D eigenvalue weighted by Gasteiger charge is -2.42. The van der Waals surface area contributed by atoms with Gasteiger partial charge in [0.05, 0.1) is 6.04 Å². The first kappa shape index (κ1) is 12.8. The number of piperazine rings is 1. The summed E-state index contributed by atoms with van der Waals surface area (Å²) in [6.07, 6.45) is 7.53. The Hall–Kier alpha value is -0.610. The van der Waals surface area contributed by atoms with Crippen LogP contribution in [0, 0.1) is 0 Å². The SMILES string of the molecule is CNCCC1C(=O)NCCN1C1CCCCC1. The van der Waals surface area contributed by atoms with Crippen molar-refractivity contribution in [2.45, 2.75) is 50.6 Å². The Bertz CT molecular complexity index is 251. The second kappa shape index (κ2) is 6.36. The number of carbonyl (C=O) groups excluding carboxylic acids is 1. The molecule has 2 fully saturated rings. The summed E-state index contributed by atoms with van der Waals surface area (Å²) >= 11 is 0. The summed E-state index contributed by atoms with van der Waals surface area (Å²) < 4.78 is 0. The zero-order valence-electron chi connectivity index (χ0n) is 10.9. The summed E-state index contributed by atoms with van der Waals surface area (Å²) in [7, 11) is 1.95. The average Bonchev–Trinajstić information content (AvgIpc) is 2.38. The van der Waals surface area contributed by atoms with Crippen LogP contribution in [0.25, 0.3) is 0 Å². The van der Waals surface area contributed by atoms with Crippen LogP contribution in [0.3, 0.4) is 0 Å². The van der Waals surface area contributed by atoms with E-state index in [-0.39, 0.29) is 11.9 Å². The van der Waals surface area contributed by atoms with Gasteiger partial charge in [0.25, 0.3) is 0 Å². The van der Waals surface area contributed by atoms with Crippen molar-refractivity contribution in [1.82, 2.24) is 15.5 Å². The third-order valence-electron chi connectivity index (χ3n) is 4.08. The molecule has 0 aromatic heterocycles. The molecule has 2 aliphatic rings. The van der Waals surface area contributed by atoms with Gasteiger partial charge in [0.15, 0.2) is 0 Å². The zero-order chi connectivity index (χ0) is 12.1. The lowest BCUT2D eigenvalue weighted by molar-refractivity contribution is -0.131. The van der Waals surface area contributed by atoms with Crippen LogP contribution in [0.2, 0.25) is 0 Å². The number of rotatable bonds is 4. The number of carbonyl (C=O) groups is 1. The van der Waals surface area contributed by atoms with Crippen molar-refractivity contribution >= 4 is 5.91 Å². The van der Waals surface area contributed by atoms with Crippen LogP contribution in [-0.2, 0) is 4.79 Å². The Morgan fingerprint density at radius 2 is 2.12 bits per heavy atom. The number of hydrogen-bond donors (Lipinski definition) is 2. The monoisotopic (exact) mass is 239 g/mol. The van der Waals surface area contributed by atoms with Crippen LogP contribution in [0.15, 0.2) is 0 Å². The molecule has 0 aromatic carbocycles. The van der Waals surface area contributed by atoms with Gasteiger partial charge in [-0.05, 0) is 32.9 Å². The van der Waals surface area contributed by atoms with E-state index in [4.69, 9.17) is 0 Å². The summed E-state index contributed by atoms with van der Waals surface area (Å²) in [6, 6.07) is 0.746. The normalized spacial score (nSPS) is 28.1. The van der Waals surface area contributed by atoms with E-state index in [2.05, 4.69) is 15.5 Å². The van der Waals surface area contributed by atoms with Gasteiger partial charge in [-0.3, -0.25) is 9.69 Å². The van der Waals surface area contributed by atoms with E-state index in [0.717, 1.165) is 26.1 Å². The molecule has 1 saturated heterocycles. The van der Waals surface area contributed by atoms with E-state index >= 15 is 0 Å². The van der Waals surface area contributed by atoms with Crippen LogP contribution < -0.4 is 10.6 Å². The van der Waals surface area contributed by atoms with Crippen LogP contribution in [0.4, 0.5) is 0 Å². The summed E-state index contributed by atoms with van der Waals surface area (Å²) in [5, 5.41) is 6.15. The minimum absolute atomic E-state index is 0.0966. The molecule has 1 amide bonds. The second-order valence-corrected chi connectivity index (χ2v) is 5.23. The summed E-state index contributed by atoms with van der Waals surface area (Å²) in [5.74, 6) is 0.233. The van der Waals surface area contributed by atoms with E-state index in [1.165, 1.54) is 32.1 Å². The Labute approximate surface area is 104 Å². The first-order valence-corrected chi connectivity index (χ1v) is 7.01. The molecule has 2 rings (SSSR count). The molecule has 0 bridgehead atoms. The molecule has 0 spiro atoms. The molecule has 1 aliphatic carbocycles. The van der Waals surface area contributed by atoms with Gasteiger partial charge in [-0.1, -0.05) is 19.3 Å². The number of hydrogen-bond acceptors (Lipinski definition) is 3. The van der Waals surface area contributed by atoms with Crippen molar-refractivity contribution in [1.29, 1.82) is 0 Å². The fraction of sp³-hybridized carbons (Fsp3) is 0.923. The third kappa shape index (κ3) is 3.19. The van der Waals surface area contributed by atoms with E-state index in [1.54, 1.807) is 0 Å². The second-order valence-electron chi connectivity index (χ2n) is 5.23. The van der Waals surface area contributed by atoms with E-state index in [0.29, 0.717) is 6.04 Å². The summed E-state index contributed by atoms with van der Waals surface area (Å²) in [5.41, 5.74) is 0. The molecular weight excluding hydrogens is 214 g/mol. The fourth-order valence-corrected chi connectivity index (χ4v) is 3.16. The van der Waals surface area contributed by atoms with Gasteiger partial charge >= 0.3 is 0 Å². The van der Waals surface area contributed by atoms with Crippen LogP contribution in [0.5, 0.6) is 0 Å². The van der Waals surface area contributed by atoms with Gasteiger partial charge in [0.2, 0.25) is 5.91 Å². The molecule has 1 atom stereocenters. The zero-order valence-corrected chi connectivity index (χ0v) is 10.9. The van der Waals surface area contributed by atoms with Gasteiger partial charge in [-0.25, -0.2) is 0 Å². The number of amides is 1. The van der Waals surface area contributed by atoms with Gasteiger partial charge < -0.3 is 10.6 Å². The van der Waals surface area contributed by atoms with Crippen molar-refractivity contribution in [3.8, 4) is 0 Å². The molecule has 98 valence electrons. The smallest absolute Gasteiger partial charge is 0.237 e. The molecule has 2 N–H and O–H groups in total. The Morgan fingerprint density at radius 3 is 2.82 bits per heavy atom. The highest BCUT2D eigenvalue weighted by Gasteiger charge is 2.34. The first-order valence-electron chi connectivity index (χ1n) is 7.01. The highest BCUT2D eigenvalue weighted by Crippen LogP contribution is 2.25. The lowest BCUT2D eigenvalue weighted by atomic mass is 9.92. The maximum atomic E-state index is 12.0. The van der Waals surface area contributed by atoms with Gasteiger partial charge in [-0.15, -0.1) is 0 Å². The quantitative estimate of drug-likeness (QED) is 0.760. The Kier molecular flexibility index (Phi) is 4.80. The highest BCUT2D eigenvalue weighted by atomic mass is 16.2. The van der Waals surface area contributed by atoms with Gasteiger partial charge in [0, 0.05) is 19.1 Å². The molecule has 4 nitrogen and oxygen atoms in total. The van der Waals surface area contributed by atoms with Gasteiger partial charge in [-0.2, -0.15) is 0 Å². The average molecular weight is 239 g/mol. The predicted molar refractivity (Wildman–Crippen MR) is 68.9 cm³/mol. The van der Waals surface area contributed by atoms with E-state index < -0.39 is 0 Å². The van der Waals surface area contributed by atoms with Crippen LogP contribution in [0.1, 0.15) is 38.5 Å². The van der Waals surface area contributed by atoms with Gasteiger partial charge in [0.1, 0.15) is 0 Å². The standard InChI is InChI=1S/C13H25N3O/c1-14-8-7-12-13(17)15-9-10-16(12)11-5-3-2-4-6-11/h11-12,14H,2-10H2,1H3,(H,15,17). The maximum absolute atomic E-state index is 12.0. The van der Waals surface area contributed by atoms with E-state index in [1.807, 2.05) is 7.05 Å². The first-order chi connectivity index (χ1) is 8.33. The fourth-order valence-electron chi connectivity index (χ4n) is 3.16. The molecule has 1 unspecified atom stereocenters.